The summed E-state index contributed by atoms with van der Waals surface area (Å²) in [4.78, 5) is 12.0. The van der Waals surface area contributed by atoms with E-state index in [1.165, 1.54) is 17.4 Å². The molecule has 0 saturated carbocycles. The number of amides is 1. The van der Waals surface area contributed by atoms with Crippen LogP contribution >= 0.6 is 22.9 Å². The maximum absolute atomic E-state index is 12.0. The second-order valence-electron chi connectivity index (χ2n) is 4.98. The third kappa shape index (κ3) is 4.43. The molecule has 0 bridgehead atoms. The van der Waals surface area contributed by atoms with E-state index < -0.39 is 0 Å². The summed E-state index contributed by atoms with van der Waals surface area (Å²) >= 11 is 7.35. The van der Waals surface area contributed by atoms with Gasteiger partial charge in [-0.15, -0.1) is 10.2 Å². The highest BCUT2D eigenvalue weighted by atomic mass is 35.5. The van der Waals surface area contributed by atoms with E-state index >= 15 is 0 Å². The summed E-state index contributed by atoms with van der Waals surface area (Å²) in [5, 5.41) is 12.5. The van der Waals surface area contributed by atoms with Gasteiger partial charge in [-0.05, 0) is 42.0 Å². The Balaban J connectivity index is 1.66. The monoisotopic (exact) mass is 371 g/mol. The molecule has 0 radical (unpaired) electrons. The maximum atomic E-state index is 12.0. The summed E-state index contributed by atoms with van der Waals surface area (Å²) in [5.41, 5.74) is 1.68. The average molecular weight is 372 g/mol. The molecule has 25 heavy (non-hydrogen) atoms. The van der Waals surface area contributed by atoms with E-state index in [-0.39, 0.29) is 5.91 Å². The Labute approximate surface area is 153 Å². The van der Waals surface area contributed by atoms with Crippen molar-refractivity contribution in [1.82, 2.24) is 10.2 Å². The lowest BCUT2D eigenvalue weighted by Gasteiger charge is -1.99. The average Bonchev–Trinajstić information content (AvgIpc) is 3.09. The van der Waals surface area contributed by atoms with Crippen molar-refractivity contribution in [2.24, 2.45) is 0 Å². The minimum atomic E-state index is -0.294. The van der Waals surface area contributed by atoms with Gasteiger partial charge < -0.3 is 4.74 Å². The number of carbonyl (C=O) groups is 1. The third-order valence-corrected chi connectivity index (χ3v) is 4.54. The number of aromatic nitrogens is 2. The second kappa shape index (κ2) is 7.92. The van der Waals surface area contributed by atoms with E-state index in [9.17, 15) is 4.79 Å². The number of anilines is 1. The quantitative estimate of drug-likeness (QED) is 0.670. The zero-order valence-electron chi connectivity index (χ0n) is 13.3. The van der Waals surface area contributed by atoms with Crippen molar-refractivity contribution in [2.75, 3.05) is 12.4 Å². The molecular weight excluding hydrogens is 358 g/mol. The highest BCUT2D eigenvalue weighted by Gasteiger charge is 2.08. The van der Waals surface area contributed by atoms with Crippen LogP contribution in [-0.2, 0) is 4.79 Å². The molecule has 3 aromatic rings. The molecule has 5 nitrogen and oxygen atoms in total. The maximum Gasteiger partial charge on any atom is 0.250 e. The summed E-state index contributed by atoms with van der Waals surface area (Å²) in [6.45, 7) is 0. The van der Waals surface area contributed by atoms with E-state index in [0.717, 1.165) is 16.9 Å². The molecule has 0 aliphatic rings. The first-order valence-corrected chi connectivity index (χ1v) is 8.56. The van der Waals surface area contributed by atoms with Crippen LogP contribution in [0.5, 0.6) is 5.75 Å². The highest BCUT2D eigenvalue weighted by Crippen LogP contribution is 2.27. The summed E-state index contributed by atoms with van der Waals surface area (Å²) in [6, 6.07) is 14.8. The lowest BCUT2D eigenvalue weighted by Crippen LogP contribution is -2.07. The van der Waals surface area contributed by atoms with Gasteiger partial charge in [0.2, 0.25) is 11.0 Å². The summed E-state index contributed by atoms with van der Waals surface area (Å²) in [5.74, 6) is 0.476. The van der Waals surface area contributed by atoms with Gasteiger partial charge in [0.05, 0.1) is 7.11 Å². The van der Waals surface area contributed by atoms with Crippen LogP contribution in [0.2, 0.25) is 5.02 Å². The number of rotatable bonds is 5. The van der Waals surface area contributed by atoms with Crippen molar-refractivity contribution < 1.29 is 9.53 Å². The molecule has 7 heteroatoms. The van der Waals surface area contributed by atoms with Crippen molar-refractivity contribution in [1.29, 1.82) is 0 Å². The second-order valence-corrected chi connectivity index (χ2v) is 6.37. The fourth-order valence-corrected chi connectivity index (χ4v) is 3.00. The molecule has 0 unspecified atom stereocenters. The topological polar surface area (TPSA) is 64.1 Å². The van der Waals surface area contributed by atoms with Crippen LogP contribution in [0.1, 0.15) is 5.56 Å². The van der Waals surface area contributed by atoms with Gasteiger partial charge >= 0.3 is 0 Å². The van der Waals surface area contributed by atoms with Gasteiger partial charge in [0.1, 0.15) is 10.8 Å². The molecule has 0 spiro atoms. The molecule has 126 valence electrons. The van der Waals surface area contributed by atoms with Crippen molar-refractivity contribution in [3.05, 3.63) is 65.2 Å². The number of carbonyl (C=O) groups excluding carboxylic acids is 1. The Morgan fingerprint density at radius 2 is 1.92 bits per heavy atom. The minimum Gasteiger partial charge on any atom is -0.497 e. The molecule has 1 amide bonds. The Hall–Kier alpha value is -2.70. The first-order valence-electron chi connectivity index (χ1n) is 7.37. The van der Waals surface area contributed by atoms with Crippen LogP contribution in [0.4, 0.5) is 5.13 Å². The lowest BCUT2D eigenvalue weighted by molar-refractivity contribution is -0.111. The molecule has 1 N–H and O–H groups in total. The normalized spacial score (nSPS) is 10.8. The Morgan fingerprint density at radius 1 is 1.16 bits per heavy atom. The zero-order valence-corrected chi connectivity index (χ0v) is 14.8. The summed E-state index contributed by atoms with van der Waals surface area (Å²) < 4.78 is 5.13. The molecule has 0 fully saturated rings. The number of benzene rings is 2. The van der Waals surface area contributed by atoms with Crippen molar-refractivity contribution in [2.45, 2.75) is 0 Å². The van der Waals surface area contributed by atoms with Crippen LogP contribution in [-0.4, -0.2) is 23.2 Å². The van der Waals surface area contributed by atoms with Crippen molar-refractivity contribution >= 4 is 40.1 Å². The Morgan fingerprint density at radius 3 is 2.64 bits per heavy atom. The SMILES string of the molecule is COc1ccc(-c2nnc(NC(=O)/C=C/c3ccccc3Cl)s2)cc1. The number of nitrogens with zero attached hydrogens (tertiary/aromatic N) is 2. The molecule has 0 atom stereocenters. The Kier molecular flexibility index (Phi) is 5.42. The summed E-state index contributed by atoms with van der Waals surface area (Å²) in [7, 11) is 1.61. The number of hydrogen-bond donors (Lipinski definition) is 1. The number of halogens is 1. The summed E-state index contributed by atoms with van der Waals surface area (Å²) in [6.07, 6.45) is 3.07. The molecule has 3 rings (SSSR count). The van der Waals surface area contributed by atoms with Crippen molar-refractivity contribution in [3.63, 3.8) is 0 Å². The molecule has 1 aromatic heterocycles. The Bertz CT molecular complexity index is 907. The number of ether oxygens (including phenoxy) is 1. The van der Waals surface area contributed by atoms with Crippen molar-refractivity contribution in [3.8, 4) is 16.3 Å². The molecule has 0 aliphatic heterocycles. The highest BCUT2D eigenvalue weighted by molar-refractivity contribution is 7.18. The molecule has 1 heterocycles. The number of methoxy groups -OCH3 is 1. The van der Waals surface area contributed by atoms with Crippen LogP contribution in [0, 0.1) is 0 Å². The molecule has 0 saturated heterocycles. The van der Waals surface area contributed by atoms with Crippen LogP contribution in [0.15, 0.2) is 54.6 Å². The van der Waals surface area contributed by atoms with Gasteiger partial charge in [0, 0.05) is 16.7 Å². The number of hydrogen-bond acceptors (Lipinski definition) is 5. The standard InChI is InChI=1S/C18H14ClN3O2S/c1-24-14-9-6-13(7-10-14)17-21-22-18(25-17)20-16(23)11-8-12-4-2-3-5-15(12)19/h2-11H,1H3,(H,20,22,23)/b11-8+. The van der Waals surface area contributed by atoms with Gasteiger partial charge in [-0.1, -0.05) is 41.1 Å². The van der Waals surface area contributed by atoms with E-state index in [1.54, 1.807) is 19.3 Å². The predicted octanol–water partition coefficient (Wildman–Crippen LogP) is 4.52. The van der Waals surface area contributed by atoms with E-state index in [1.807, 2.05) is 42.5 Å². The van der Waals surface area contributed by atoms with Gasteiger partial charge in [-0.3, -0.25) is 10.1 Å². The third-order valence-electron chi connectivity index (χ3n) is 3.31. The minimum absolute atomic E-state index is 0.294. The smallest absolute Gasteiger partial charge is 0.250 e. The number of nitrogens with one attached hydrogen (secondary N) is 1. The first-order chi connectivity index (χ1) is 12.2. The van der Waals surface area contributed by atoms with E-state index in [0.29, 0.717) is 15.2 Å². The van der Waals surface area contributed by atoms with Gasteiger partial charge in [0.15, 0.2) is 0 Å². The van der Waals surface area contributed by atoms with Gasteiger partial charge in [-0.2, -0.15) is 0 Å². The molecule has 2 aromatic carbocycles. The molecular formula is C18H14ClN3O2S. The molecule has 0 aliphatic carbocycles. The van der Waals surface area contributed by atoms with E-state index in [4.69, 9.17) is 16.3 Å². The predicted molar refractivity (Wildman–Crippen MR) is 101 cm³/mol. The fourth-order valence-electron chi connectivity index (χ4n) is 2.05. The first kappa shape index (κ1) is 17.1. The van der Waals surface area contributed by atoms with Crippen LogP contribution in [0.25, 0.3) is 16.6 Å². The fraction of sp³-hybridized carbons (Fsp3) is 0.0556. The van der Waals surface area contributed by atoms with Gasteiger partial charge in [0.25, 0.3) is 0 Å². The van der Waals surface area contributed by atoms with Crippen LogP contribution in [0.3, 0.4) is 0 Å². The van der Waals surface area contributed by atoms with Gasteiger partial charge in [-0.25, -0.2) is 0 Å². The zero-order chi connectivity index (χ0) is 17.6. The van der Waals surface area contributed by atoms with Crippen LogP contribution < -0.4 is 10.1 Å². The van der Waals surface area contributed by atoms with E-state index in [2.05, 4.69) is 15.5 Å². The lowest BCUT2D eigenvalue weighted by atomic mass is 10.2. The largest absolute Gasteiger partial charge is 0.497 e.